The van der Waals surface area contributed by atoms with Gasteiger partial charge in [-0.05, 0) is 25.8 Å². The number of rotatable bonds is 4. The predicted octanol–water partition coefficient (Wildman–Crippen LogP) is 0.923. The van der Waals surface area contributed by atoms with Gasteiger partial charge in [-0.25, -0.2) is 0 Å². The SMILES string of the molecule is C=CCC(C)NC(=O)[C@@H]1CNC[C@H]1C. The minimum absolute atomic E-state index is 0.141. The van der Waals surface area contributed by atoms with E-state index in [1.54, 1.807) is 0 Å². The first-order valence-electron chi connectivity index (χ1n) is 5.27. The summed E-state index contributed by atoms with van der Waals surface area (Å²) in [4.78, 5) is 11.8. The van der Waals surface area contributed by atoms with Crippen LogP contribution in [0.25, 0.3) is 0 Å². The van der Waals surface area contributed by atoms with Crippen LogP contribution < -0.4 is 10.6 Å². The second kappa shape index (κ2) is 5.15. The summed E-state index contributed by atoms with van der Waals surface area (Å²) in [6.07, 6.45) is 2.67. The molecule has 0 saturated carbocycles. The molecule has 0 radical (unpaired) electrons. The molecule has 1 fully saturated rings. The van der Waals surface area contributed by atoms with E-state index >= 15 is 0 Å². The van der Waals surface area contributed by atoms with Crippen molar-refractivity contribution in [1.29, 1.82) is 0 Å². The van der Waals surface area contributed by atoms with Gasteiger partial charge in [0, 0.05) is 12.6 Å². The van der Waals surface area contributed by atoms with Crippen molar-refractivity contribution in [2.24, 2.45) is 11.8 Å². The third kappa shape index (κ3) is 2.84. The molecular weight excluding hydrogens is 176 g/mol. The fourth-order valence-corrected chi connectivity index (χ4v) is 1.82. The molecule has 0 aromatic carbocycles. The molecule has 0 bridgehead atoms. The molecule has 0 aromatic heterocycles. The molecule has 1 aliphatic rings. The van der Waals surface area contributed by atoms with E-state index in [1.165, 1.54) is 0 Å². The lowest BCUT2D eigenvalue weighted by Gasteiger charge is -2.17. The monoisotopic (exact) mass is 196 g/mol. The van der Waals surface area contributed by atoms with E-state index in [9.17, 15) is 4.79 Å². The summed E-state index contributed by atoms with van der Waals surface area (Å²) in [6, 6.07) is 0.202. The Labute approximate surface area is 86.0 Å². The van der Waals surface area contributed by atoms with Crippen LogP contribution in [0.4, 0.5) is 0 Å². The largest absolute Gasteiger partial charge is 0.353 e. The first kappa shape index (κ1) is 11.2. The first-order chi connectivity index (χ1) is 6.65. The van der Waals surface area contributed by atoms with E-state index in [2.05, 4.69) is 24.1 Å². The van der Waals surface area contributed by atoms with E-state index < -0.39 is 0 Å². The van der Waals surface area contributed by atoms with Gasteiger partial charge in [0.2, 0.25) is 5.91 Å². The van der Waals surface area contributed by atoms with Crippen molar-refractivity contribution < 1.29 is 4.79 Å². The van der Waals surface area contributed by atoms with Gasteiger partial charge in [0.1, 0.15) is 0 Å². The molecule has 14 heavy (non-hydrogen) atoms. The van der Waals surface area contributed by atoms with Gasteiger partial charge < -0.3 is 10.6 Å². The number of nitrogens with one attached hydrogen (secondary N) is 2. The van der Waals surface area contributed by atoms with Gasteiger partial charge >= 0.3 is 0 Å². The lowest BCUT2D eigenvalue weighted by atomic mass is 9.97. The molecule has 1 unspecified atom stereocenters. The average Bonchev–Trinajstić information content (AvgIpc) is 2.51. The van der Waals surface area contributed by atoms with E-state index in [4.69, 9.17) is 0 Å². The minimum atomic E-state index is 0.141. The normalized spacial score (nSPS) is 28.4. The van der Waals surface area contributed by atoms with Crippen molar-refractivity contribution in [3.63, 3.8) is 0 Å². The van der Waals surface area contributed by atoms with Crippen molar-refractivity contribution >= 4 is 5.91 Å². The summed E-state index contributed by atoms with van der Waals surface area (Å²) >= 11 is 0. The van der Waals surface area contributed by atoms with Crippen LogP contribution in [0.5, 0.6) is 0 Å². The van der Waals surface area contributed by atoms with E-state index in [0.717, 1.165) is 19.5 Å². The molecule has 0 aromatic rings. The highest BCUT2D eigenvalue weighted by molar-refractivity contribution is 5.79. The first-order valence-corrected chi connectivity index (χ1v) is 5.27. The maximum Gasteiger partial charge on any atom is 0.224 e. The Morgan fingerprint density at radius 2 is 2.43 bits per heavy atom. The second-order valence-corrected chi connectivity index (χ2v) is 4.18. The average molecular weight is 196 g/mol. The van der Waals surface area contributed by atoms with Gasteiger partial charge in [0.05, 0.1) is 5.92 Å². The van der Waals surface area contributed by atoms with Crippen LogP contribution >= 0.6 is 0 Å². The van der Waals surface area contributed by atoms with Gasteiger partial charge in [0.15, 0.2) is 0 Å². The molecule has 3 nitrogen and oxygen atoms in total. The van der Waals surface area contributed by atoms with Crippen LogP contribution in [-0.2, 0) is 4.79 Å². The van der Waals surface area contributed by atoms with Crippen molar-refractivity contribution in [3.05, 3.63) is 12.7 Å². The number of carbonyl (C=O) groups excluding carboxylic acids is 1. The molecule has 80 valence electrons. The highest BCUT2D eigenvalue weighted by Crippen LogP contribution is 2.15. The smallest absolute Gasteiger partial charge is 0.224 e. The van der Waals surface area contributed by atoms with Gasteiger partial charge in [0.25, 0.3) is 0 Å². The molecule has 0 aliphatic carbocycles. The number of hydrogen-bond donors (Lipinski definition) is 2. The summed E-state index contributed by atoms with van der Waals surface area (Å²) in [7, 11) is 0. The maximum absolute atomic E-state index is 11.8. The molecule has 1 amide bonds. The Morgan fingerprint density at radius 1 is 1.71 bits per heavy atom. The molecule has 3 heteroatoms. The molecule has 1 aliphatic heterocycles. The number of amides is 1. The van der Waals surface area contributed by atoms with Crippen LogP contribution in [0.1, 0.15) is 20.3 Å². The highest BCUT2D eigenvalue weighted by Gasteiger charge is 2.29. The van der Waals surface area contributed by atoms with Crippen molar-refractivity contribution in [2.75, 3.05) is 13.1 Å². The summed E-state index contributed by atoms with van der Waals surface area (Å²) in [5, 5.41) is 6.23. The summed E-state index contributed by atoms with van der Waals surface area (Å²) in [5.41, 5.74) is 0. The van der Waals surface area contributed by atoms with Crippen molar-refractivity contribution in [2.45, 2.75) is 26.3 Å². The van der Waals surface area contributed by atoms with E-state index in [-0.39, 0.29) is 17.9 Å². The fourth-order valence-electron chi connectivity index (χ4n) is 1.82. The quantitative estimate of drug-likeness (QED) is 0.657. The van der Waals surface area contributed by atoms with Gasteiger partial charge in [-0.2, -0.15) is 0 Å². The lowest BCUT2D eigenvalue weighted by Crippen LogP contribution is -2.39. The third-order valence-corrected chi connectivity index (χ3v) is 2.76. The Hall–Kier alpha value is -0.830. The number of carbonyl (C=O) groups is 1. The molecule has 1 rings (SSSR count). The maximum atomic E-state index is 11.8. The summed E-state index contributed by atoms with van der Waals surface area (Å²) in [6.45, 7) is 9.54. The lowest BCUT2D eigenvalue weighted by molar-refractivity contribution is -0.125. The Balaban J connectivity index is 2.37. The van der Waals surface area contributed by atoms with Crippen LogP contribution in [0.3, 0.4) is 0 Å². The fraction of sp³-hybridized carbons (Fsp3) is 0.727. The van der Waals surface area contributed by atoms with Gasteiger partial charge in [-0.3, -0.25) is 4.79 Å². The summed E-state index contributed by atoms with van der Waals surface area (Å²) in [5.74, 6) is 0.769. The minimum Gasteiger partial charge on any atom is -0.353 e. The molecule has 1 heterocycles. The van der Waals surface area contributed by atoms with Gasteiger partial charge in [-0.1, -0.05) is 13.0 Å². The van der Waals surface area contributed by atoms with Crippen molar-refractivity contribution in [3.8, 4) is 0 Å². The molecule has 0 spiro atoms. The Bertz CT molecular complexity index is 215. The predicted molar refractivity (Wildman–Crippen MR) is 57.9 cm³/mol. The molecule has 3 atom stereocenters. The van der Waals surface area contributed by atoms with Gasteiger partial charge in [-0.15, -0.1) is 6.58 Å². The van der Waals surface area contributed by atoms with E-state index in [1.807, 2.05) is 13.0 Å². The third-order valence-electron chi connectivity index (χ3n) is 2.76. The Kier molecular flexibility index (Phi) is 4.14. The topological polar surface area (TPSA) is 41.1 Å². The van der Waals surface area contributed by atoms with Crippen LogP contribution in [-0.4, -0.2) is 25.0 Å². The molecule has 2 N–H and O–H groups in total. The molecular formula is C11H20N2O. The zero-order chi connectivity index (χ0) is 10.6. The number of hydrogen-bond acceptors (Lipinski definition) is 2. The highest BCUT2D eigenvalue weighted by atomic mass is 16.2. The standard InChI is InChI=1S/C11H20N2O/c1-4-5-9(3)13-11(14)10-7-12-6-8(10)2/h4,8-10,12H,1,5-7H2,2-3H3,(H,13,14)/t8-,9?,10-/m1/s1. The zero-order valence-corrected chi connectivity index (χ0v) is 9.05. The van der Waals surface area contributed by atoms with Crippen LogP contribution in [0.2, 0.25) is 0 Å². The Morgan fingerprint density at radius 3 is 2.93 bits per heavy atom. The molecule has 1 saturated heterocycles. The van der Waals surface area contributed by atoms with Crippen molar-refractivity contribution in [1.82, 2.24) is 10.6 Å². The van der Waals surface area contributed by atoms with Crippen LogP contribution in [0.15, 0.2) is 12.7 Å². The zero-order valence-electron chi connectivity index (χ0n) is 9.05. The summed E-state index contributed by atoms with van der Waals surface area (Å²) < 4.78 is 0. The van der Waals surface area contributed by atoms with Crippen LogP contribution in [0, 0.1) is 11.8 Å². The van der Waals surface area contributed by atoms with E-state index in [0.29, 0.717) is 5.92 Å². The second-order valence-electron chi connectivity index (χ2n) is 4.18.